The Morgan fingerprint density at radius 3 is 2.57 bits per heavy atom. The monoisotopic (exact) mass is 419 g/mol. The largest absolute Gasteiger partial charge is 0.462 e. The molecule has 1 N–H and O–H groups in total. The number of carbonyl (C=O) groups is 2. The smallest absolute Gasteiger partial charge is 0.416 e. The lowest BCUT2D eigenvalue weighted by Gasteiger charge is -2.22. The molecule has 0 aromatic heterocycles. The molecule has 1 aliphatic rings. The lowest BCUT2D eigenvalue weighted by Crippen LogP contribution is -2.37. The van der Waals surface area contributed by atoms with Crippen molar-refractivity contribution >= 4 is 33.5 Å². The summed E-state index contributed by atoms with van der Waals surface area (Å²) in [7, 11) is -4.28. The minimum absolute atomic E-state index is 0.0479. The Hall–Kier alpha value is -2.89. The topological polar surface area (TPSA) is 105 Å². The summed E-state index contributed by atoms with van der Waals surface area (Å²) in [5.74, 6) is -1.74. The van der Waals surface area contributed by atoms with E-state index in [4.69, 9.17) is 4.74 Å². The fourth-order valence-electron chi connectivity index (χ4n) is 2.23. The molecule has 1 aromatic carbocycles. The molecule has 0 saturated heterocycles. The molecule has 152 valence electrons. The van der Waals surface area contributed by atoms with E-state index < -0.39 is 40.4 Å². The van der Waals surface area contributed by atoms with Gasteiger partial charge in [0, 0.05) is 11.9 Å². The van der Waals surface area contributed by atoms with Crippen molar-refractivity contribution < 1.29 is 35.9 Å². The first-order valence-electron chi connectivity index (χ1n) is 7.89. The van der Waals surface area contributed by atoms with E-state index in [1.807, 2.05) is 0 Å². The van der Waals surface area contributed by atoms with Crippen molar-refractivity contribution in [2.45, 2.75) is 20.0 Å². The van der Waals surface area contributed by atoms with Gasteiger partial charge >= 0.3 is 22.4 Å². The summed E-state index contributed by atoms with van der Waals surface area (Å²) in [6, 6.07) is 3.86. The van der Waals surface area contributed by atoms with Crippen molar-refractivity contribution in [3.05, 3.63) is 41.6 Å². The van der Waals surface area contributed by atoms with E-state index in [1.54, 1.807) is 6.92 Å². The highest BCUT2D eigenvalue weighted by atomic mass is 32.2. The van der Waals surface area contributed by atoms with Crippen LogP contribution in [0.5, 0.6) is 0 Å². The Bertz CT molecular complexity index is 955. The maximum Gasteiger partial charge on any atom is 0.416 e. The quantitative estimate of drug-likeness (QED) is 0.736. The summed E-state index contributed by atoms with van der Waals surface area (Å²) in [5, 5.41) is 2.18. The highest BCUT2D eigenvalue weighted by Crippen LogP contribution is 2.30. The van der Waals surface area contributed by atoms with Crippen molar-refractivity contribution in [3.63, 3.8) is 0 Å². The average Bonchev–Trinajstić information content (AvgIpc) is 2.56. The lowest BCUT2D eigenvalue weighted by atomic mass is 10.2. The SMILES string of the molecule is CCOC(=O)C1=CN(CC(=O)Nc2cccc(C(F)(F)F)c2)S(=O)(=O)N=C1C. The highest BCUT2D eigenvalue weighted by Gasteiger charge is 2.32. The summed E-state index contributed by atoms with van der Waals surface area (Å²) in [4.78, 5) is 24.0. The summed E-state index contributed by atoms with van der Waals surface area (Å²) >= 11 is 0. The van der Waals surface area contributed by atoms with Gasteiger partial charge < -0.3 is 10.1 Å². The second kappa shape index (κ2) is 8.00. The van der Waals surface area contributed by atoms with Crippen LogP contribution in [0, 0.1) is 0 Å². The number of esters is 1. The van der Waals surface area contributed by atoms with E-state index in [1.165, 1.54) is 13.0 Å². The van der Waals surface area contributed by atoms with E-state index in [0.717, 1.165) is 18.3 Å². The third-order valence-electron chi connectivity index (χ3n) is 3.48. The number of anilines is 1. The molecule has 8 nitrogen and oxygen atoms in total. The van der Waals surface area contributed by atoms with Gasteiger partial charge in [-0.15, -0.1) is 4.40 Å². The fraction of sp³-hybridized carbons (Fsp3) is 0.312. The summed E-state index contributed by atoms with van der Waals surface area (Å²) < 4.78 is 71.1. The third kappa shape index (κ3) is 5.09. The highest BCUT2D eigenvalue weighted by molar-refractivity contribution is 7.88. The molecule has 1 aliphatic heterocycles. The normalized spacial score (nSPS) is 16.1. The van der Waals surface area contributed by atoms with Crippen LogP contribution in [0.25, 0.3) is 0 Å². The molecule has 12 heteroatoms. The molecular formula is C16H16F3N3O5S. The number of halogens is 3. The Morgan fingerprint density at radius 1 is 1.29 bits per heavy atom. The lowest BCUT2D eigenvalue weighted by molar-refractivity contribution is -0.138. The number of amides is 1. The van der Waals surface area contributed by atoms with E-state index >= 15 is 0 Å². The number of nitrogens with zero attached hydrogens (tertiary/aromatic N) is 2. The van der Waals surface area contributed by atoms with E-state index in [2.05, 4.69) is 9.71 Å². The standard InChI is InChI=1S/C16H16F3N3O5S/c1-3-27-15(24)13-8-22(28(25,26)21-10(13)2)9-14(23)20-12-6-4-5-11(7-12)16(17,18)19/h4-8H,3,9H2,1-2H3,(H,20,23). The number of benzene rings is 1. The summed E-state index contributed by atoms with van der Waals surface area (Å²) in [6.07, 6.45) is -3.69. The van der Waals surface area contributed by atoms with Crippen LogP contribution in [0.15, 0.2) is 40.4 Å². The average molecular weight is 419 g/mol. The predicted octanol–water partition coefficient (Wildman–Crippen LogP) is 2.11. The van der Waals surface area contributed by atoms with Gasteiger partial charge in [0.1, 0.15) is 6.54 Å². The maximum atomic E-state index is 12.7. The van der Waals surface area contributed by atoms with Gasteiger partial charge in [-0.2, -0.15) is 21.6 Å². The molecule has 1 heterocycles. The first-order chi connectivity index (χ1) is 12.9. The molecule has 2 rings (SSSR count). The van der Waals surface area contributed by atoms with E-state index in [0.29, 0.717) is 10.4 Å². The number of carbonyl (C=O) groups excluding carboxylic acids is 2. The number of hydrogen-bond acceptors (Lipinski definition) is 5. The van der Waals surface area contributed by atoms with Gasteiger partial charge in [0.25, 0.3) is 0 Å². The van der Waals surface area contributed by atoms with Crippen LogP contribution in [0.1, 0.15) is 19.4 Å². The Balaban J connectivity index is 2.19. The van der Waals surface area contributed by atoms with Crippen molar-refractivity contribution in [3.8, 4) is 0 Å². The van der Waals surface area contributed by atoms with Gasteiger partial charge in [0.05, 0.1) is 23.5 Å². The van der Waals surface area contributed by atoms with Gasteiger partial charge in [-0.3, -0.25) is 4.79 Å². The van der Waals surface area contributed by atoms with Crippen LogP contribution >= 0.6 is 0 Å². The molecule has 0 unspecified atom stereocenters. The molecule has 0 spiro atoms. The third-order valence-corrected chi connectivity index (χ3v) is 4.81. The summed E-state index contributed by atoms with van der Waals surface area (Å²) in [6.45, 7) is 2.11. The van der Waals surface area contributed by atoms with Crippen LogP contribution < -0.4 is 5.32 Å². The Labute approximate surface area is 158 Å². The number of nitrogens with one attached hydrogen (secondary N) is 1. The van der Waals surface area contributed by atoms with Gasteiger partial charge in [0.15, 0.2) is 0 Å². The summed E-state index contributed by atoms with van der Waals surface area (Å²) in [5.41, 5.74) is -1.39. The molecular weight excluding hydrogens is 403 g/mol. The fourth-order valence-corrected chi connectivity index (χ4v) is 3.30. The first-order valence-corrected chi connectivity index (χ1v) is 9.28. The van der Waals surface area contributed by atoms with Gasteiger partial charge in [-0.1, -0.05) is 6.07 Å². The molecule has 0 saturated carbocycles. The zero-order chi connectivity index (χ0) is 21.1. The number of hydrogen-bond donors (Lipinski definition) is 1. The molecule has 0 atom stereocenters. The minimum Gasteiger partial charge on any atom is -0.462 e. The van der Waals surface area contributed by atoms with E-state index in [-0.39, 0.29) is 23.6 Å². The zero-order valence-corrected chi connectivity index (χ0v) is 15.6. The number of ether oxygens (including phenoxy) is 1. The number of alkyl halides is 3. The Kier molecular flexibility index (Phi) is 6.12. The molecule has 1 amide bonds. The van der Waals surface area contributed by atoms with E-state index in [9.17, 15) is 31.2 Å². The van der Waals surface area contributed by atoms with Crippen LogP contribution in [0.2, 0.25) is 0 Å². The molecule has 0 fully saturated rings. The second-order valence-electron chi connectivity index (χ2n) is 5.59. The van der Waals surface area contributed by atoms with Crippen LogP contribution in [-0.4, -0.2) is 43.5 Å². The van der Waals surface area contributed by atoms with Crippen molar-refractivity contribution in [1.29, 1.82) is 0 Å². The van der Waals surface area contributed by atoms with Crippen molar-refractivity contribution in [2.75, 3.05) is 18.5 Å². The minimum atomic E-state index is -4.60. The first kappa shape index (κ1) is 21.4. The van der Waals surface area contributed by atoms with Crippen LogP contribution in [0.3, 0.4) is 0 Å². The Morgan fingerprint density at radius 2 is 1.96 bits per heavy atom. The molecule has 0 aliphatic carbocycles. The molecule has 1 aromatic rings. The molecule has 0 bridgehead atoms. The van der Waals surface area contributed by atoms with Crippen molar-refractivity contribution in [2.24, 2.45) is 4.40 Å². The van der Waals surface area contributed by atoms with Gasteiger partial charge in [-0.25, -0.2) is 9.10 Å². The van der Waals surface area contributed by atoms with Crippen molar-refractivity contribution in [1.82, 2.24) is 4.31 Å². The second-order valence-corrected chi connectivity index (χ2v) is 7.14. The van der Waals surface area contributed by atoms with Crippen LogP contribution in [0.4, 0.5) is 18.9 Å². The molecule has 28 heavy (non-hydrogen) atoms. The predicted molar refractivity (Wildman–Crippen MR) is 93.5 cm³/mol. The van der Waals surface area contributed by atoms with Crippen LogP contribution in [-0.2, 0) is 30.7 Å². The zero-order valence-electron chi connectivity index (χ0n) is 14.8. The van der Waals surface area contributed by atoms with Gasteiger partial charge in [0.2, 0.25) is 5.91 Å². The molecule has 0 radical (unpaired) electrons. The maximum absolute atomic E-state index is 12.7. The van der Waals surface area contributed by atoms with Gasteiger partial charge in [-0.05, 0) is 32.0 Å². The number of rotatable bonds is 5.